The molecule has 9 rings (SSSR count). The minimum absolute atomic E-state index is 0.00144. The zero-order valence-corrected chi connectivity index (χ0v) is 78.8. The number of fused-ring (bicyclic) bond motifs is 4. The number of phenolic OH excluding ortho intramolecular Hbond substituents is 1. The Morgan fingerprint density at radius 2 is 1.14 bits per heavy atom. The summed E-state index contributed by atoms with van der Waals surface area (Å²) in [5.74, 6) is -18.2. The van der Waals surface area contributed by atoms with Gasteiger partial charge in [0.25, 0.3) is 0 Å². The summed E-state index contributed by atoms with van der Waals surface area (Å²) in [5.41, 5.74) is 19.7. The molecule has 744 valence electrons. The average molecular weight is 1930 g/mol. The molecule has 137 heavy (non-hydrogen) atoms. The molecule has 0 radical (unpaired) electrons. The van der Waals surface area contributed by atoms with Gasteiger partial charge in [-0.1, -0.05) is 82.1 Å². The van der Waals surface area contributed by atoms with Gasteiger partial charge in [0.2, 0.25) is 100 Å². The number of ether oxygens (including phenoxy) is 1. The van der Waals surface area contributed by atoms with E-state index in [1.807, 2.05) is 20.8 Å². The Bertz CT molecular complexity index is 5270. The van der Waals surface area contributed by atoms with Crippen LogP contribution in [0, 0.1) is 11.3 Å². The molecule has 3 saturated heterocycles. The maximum Gasteiger partial charge on any atom is 0.246 e. The van der Waals surface area contributed by atoms with Crippen LogP contribution in [0.3, 0.4) is 0 Å². The molecule has 0 saturated carbocycles. The van der Waals surface area contributed by atoms with Gasteiger partial charge in [-0.2, -0.15) is 0 Å². The molecule has 24 N–H and O–H groups in total. The predicted molar refractivity (Wildman–Crippen MR) is 501 cm³/mol. The Balaban J connectivity index is 1.11. The number of guanidine groups is 1. The third-order valence-corrected chi connectivity index (χ3v) is 25.3. The van der Waals surface area contributed by atoms with Crippen LogP contribution in [0.1, 0.15) is 128 Å². The Labute approximate surface area is 795 Å². The number of para-hydroxylation sites is 2. The zero-order valence-electron chi connectivity index (χ0n) is 78.0. The van der Waals surface area contributed by atoms with Crippen LogP contribution in [0.5, 0.6) is 5.75 Å². The Morgan fingerprint density at radius 3 is 1.74 bits per heavy atom. The van der Waals surface area contributed by atoms with Gasteiger partial charge in [-0.3, -0.25) is 86.9 Å². The predicted octanol–water partition coefficient (Wildman–Crippen LogP) is -3.69. The van der Waals surface area contributed by atoms with Crippen molar-refractivity contribution in [1.82, 2.24) is 103 Å². The monoisotopic (exact) mass is 1920 g/mol. The number of likely N-dealkylation sites (N-methyl/N-ethyl adjacent to an activating group) is 3. The summed E-state index contributed by atoms with van der Waals surface area (Å²) >= 11 is 0.744. The van der Waals surface area contributed by atoms with E-state index in [2.05, 4.69) is 78.4 Å². The first kappa shape index (κ1) is 107. The van der Waals surface area contributed by atoms with Crippen molar-refractivity contribution in [3.05, 3.63) is 120 Å². The molecule has 6 aromatic rings. The normalized spacial score (nSPS) is 24.6. The van der Waals surface area contributed by atoms with Crippen LogP contribution < -0.4 is 75.7 Å². The number of aromatic amines is 3. The smallest absolute Gasteiger partial charge is 0.246 e. The Morgan fingerprint density at radius 1 is 0.577 bits per heavy atom. The van der Waals surface area contributed by atoms with Gasteiger partial charge in [0, 0.05) is 131 Å². The highest BCUT2D eigenvalue weighted by molar-refractivity contribution is 8.00. The fraction of sp³-hybridized carbons (Fsp3) is 0.527. The molecule has 17 amide bonds. The van der Waals surface area contributed by atoms with Crippen LogP contribution in [0.15, 0.2) is 97.7 Å². The van der Waals surface area contributed by atoms with Gasteiger partial charge in [0.1, 0.15) is 90.3 Å². The number of nitrogens with zero attached hydrogens (tertiary/aromatic N) is 6. The molecule has 45 nitrogen and oxygen atoms in total. The number of aliphatic hydroxyl groups excluding tert-OH is 2. The molecule has 0 aliphatic carbocycles. The molecule has 3 aliphatic rings. The summed E-state index contributed by atoms with van der Waals surface area (Å²) in [7, 11) is 3.79. The number of nitrogens with two attached hydrogens (primary N) is 3. The molecule has 6 heterocycles. The van der Waals surface area contributed by atoms with Crippen molar-refractivity contribution >= 4 is 140 Å². The standard InChI is InChI=1S/C91H128N24O21S/c1-9-11-23-71-90(135)113(8)73(45-136-10-2)85(130)103-61(22-16-31-97-91(94)95)79(124)110-69(78(123)100-42-75(93)120)46-137-47-76(121)102-65(33-51-26-28-55(117)29-27-51)86(131)111(6)50(5)77(122)107-67(38-74(92)119)89(134)114-32-17-24-70(114)83(128)106-64(36-54-41-96-48-101-54)81(126)104-62(30-25-49(3)4)88(133)115-43-56(118)37-72(115)84(129)105-63(34-52-39-98-59-20-14-12-18-57(52)59)80(125)109-68(44-116)82(127)108-66(87(132)112(71)7)35-53-40-99-60-21-15-13-19-58(53)60/h12-15,18-21,26-29,39-41,48-50,56,61-73,98-99,116-118H,9-11,16-17,22-25,30-38,42-47H2,1-8H3,(H2,92,119)(H2,93,120)(H,96,101)(H,100,123)(H,102,121)(H,103,130)(H,104,126)(H,105,129)(H,106,128)(H,107,122)(H,108,127)(H,109,125)(H,110,124)(H4,94,95,97)/t50-,56+,61-,62-,63-,64-,65-,66-,67-,68-,69?,70-,71-,72-,73-/m0/s1. The van der Waals surface area contributed by atoms with Crippen molar-refractivity contribution in [2.24, 2.45) is 23.1 Å². The number of benzene rings is 3. The number of amides is 17. The number of primary amides is 2. The van der Waals surface area contributed by atoms with Crippen molar-refractivity contribution < 1.29 is 102 Å². The summed E-state index contributed by atoms with van der Waals surface area (Å²) in [6, 6.07) is -2.78. The number of rotatable bonds is 27. The Kier molecular flexibility index (Phi) is 40.0. The van der Waals surface area contributed by atoms with Crippen molar-refractivity contribution in [1.29, 1.82) is 5.41 Å². The molecule has 3 fully saturated rings. The first-order valence-corrected chi connectivity index (χ1v) is 46.8. The van der Waals surface area contributed by atoms with Crippen molar-refractivity contribution in [3.63, 3.8) is 0 Å². The number of carbonyl (C=O) groups is 17. The van der Waals surface area contributed by atoms with E-state index in [1.165, 1.54) is 64.9 Å². The van der Waals surface area contributed by atoms with Gasteiger partial charge < -0.3 is 135 Å². The maximum absolute atomic E-state index is 15.8. The molecular formula is C91H128N24O21S. The number of unbranched alkanes of at least 4 members (excludes halogenated alkanes) is 1. The van der Waals surface area contributed by atoms with E-state index in [0.717, 1.165) is 36.3 Å². The first-order valence-electron chi connectivity index (χ1n) is 45.6. The molecule has 3 aliphatic heterocycles. The molecular weight excluding hydrogens is 1800 g/mol. The number of nitrogens with one attached hydrogen (secondary N) is 15. The SMILES string of the molecule is CCCC[C@H]1C(=O)N(C)[C@@H](COCC)C(=O)N[C@@H](CCCNC(=N)N)C(=O)NC(C(=O)NCC(N)=O)CSCC(=O)N[C@@H](Cc2ccc(O)cc2)C(=O)N(C)[C@@H](C)C(=O)N[C@@H](CC(N)=O)C(=O)N2CCC[C@H]2C(=O)N[C@@H](Cc2cnc[nH]2)C(=O)N[C@@H](CCC(C)C)C(=O)N2C[C@H](O)C[C@H]2C(=O)N[C@@H](Cc2c[nH]c3ccccc23)C(=O)N[C@@H](CO)C(=O)N[C@@H](Cc2c[nH]c3ccccc23)C(=O)N1C. The highest BCUT2D eigenvalue weighted by Crippen LogP contribution is 2.28. The van der Waals surface area contributed by atoms with E-state index >= 15 is 38.4 Å². The number of carbonyl (C=O) groups excluding carboxylic acids is 17. The summed E-state index contributed by atoms with van der Waals surface area (Å²) in [6.45, 7) is 5.38. The number of phenols is 1. The van der Waals surface area contributed by atoms with E-state index in [1.54, 1.807) is 67.8 Å². The van der Waals surface area contributed by atoms with E-state index in [0.29, 0.717) is 57.0 Å². The van der Waals surface area contributed by atoms with Crippen LogP contribution in [0.2, 0.25) is 0 Å². The zero-order chi connectivity index (χ0) is 100. The maximum atomic E-state index is 15.8. The number of hydrogen-bond acceptors (Lipinski definition) is 24. The van der Waals surface area contributed by atoms with Crippen LogP contribution >= 0.6 is 11.8 Å². The molecule has 0 spiro atoms. The first-order chi connectivity index (χ1) is 65.3. The lowest BCUT2D eigenvalue weighted by Crippen LogP contribution is -2.62. The van der Waals surface area contributed by atoms with Crippen molar-refractivity contribution in [3.8, 4) is 5.75 Å². The number of aromatic nitrogens is 4. The largest absolute Gasteiger partial charge is 0.508 e. The minimum atomic E-state index is -1.91. The van der Waals surface area contributed by atoms with Crippen LogP contribution in [0.25, 0.3) is 21.8 Å². The van der Waals surface area contributed by atoms with Gasteiger partial charge in [-0.15, -0.1) is 11.8 Å². The lowest BCUT2D eigenvalue weighted by atomic mass is 10.0. The van der Waals surface area contributed by atoms with E-state index < -0.39 is 248 Å². The fourth-order valence-corrected chi connectivity index (χ4v) is 17.4. The van der Waals surface area contributed by atoms with Crippen LogP contribution in [-0.2, 0) is 112 Å². The fourth-order valence-electron chi connectivity index (χ4n) is 16.5. The molecule has 46 heteroatoms. The van der Waals surface area contributed by atoms with E-state index in [4.69, 9.17) is 27.3 Å². The number of imidazole rings is 1. The summed E-state index contributed by atoms with van der Waals surface area (Å²) < 4.78 is 5.84. The van der Waals surface area contributed by atoms with Crippen molar-refractivity contribution in [2.45, 2.75) is 222 Å². The van der Waals surface area contributed by atoms with Crippen molar-refractivity contribution in [2.75, 3.05) is 78.6 Å². The lowest BCUT2D eigenvalue weighted by Gasteiger charge is -2.36. The molecule has 3 aromatic carbocycles. The number of H-pyrrole nitrogens is 3. The van der Waals surface area contributed by atoms with Gasteiger partial charge in [-0.25, -0.2) is 4.98 Å². The third kappa shape index (κ3) is 30.1. The second-order valence-electron chi connectivity index (χ2n) is 34.8. The van der Waals surface area contributed by atoms with Gasteiger partial charge >= 0.3 is 0 Å². The summed E-state index contributed by atoms with van der Waals surface area (Å²) in [6.07, 6.45) is 2.93. The van der Waals surface area contributed by atoms with E-state index in [9.17, 15) is 58.5 Å². The number of hydrogen-bond donors (Lipinski definition) is 21. The van der Waals surface area contributed by atoms with Crippen LogP contribution in [-0.4, -0.2) is 335 Å². The Hall–Kier alpha value is -13.8. The van der Waals surface area contributed by atoms with Crippen LogP contribution in [0.4, 0.5) is 0 Å². The lowest BCUT2D eigenvalue weighted by molar-refractivity contribution is -0.150. The number of aromatic hydroxyl groups is 1. The number of aliphatic hydroxyl groups is 2. The molecule has 1 unspecified atom stereocenters. The van der Waals surface area contributed by atoms with Gasteiger partial charge in [0.05, 0.1) is 44.4 Å². The van der Waals surface area contributed by atoms with Gasteiger partial charge in [-0.05, 0) is 106 Å². The van der Waals surface area contributed by atoms with Gasteiger partial charge in [0.15, 0.2) is 5.96 Å². The molecule has 0 bridgehead atoms. The number of thioether (sulfide) groups is 1. The third-order valence-electron chi connectivity index (χ3n) is 24.3. The highest BCUT2D eigenvalue weighted by Gasteiger charge is 2.47. The second-order valence-corrected chi connectivity index (χ2v) is 35.9. The second kappa shape index (κ2) is 51.3. The van der Waals surface area contributed by atoms with E-state index in [-0.39, 0.29) is 102 Å². The molecule has 15 atom stereocenters. The summed E-state index contributed by atoms with van der Waals surface area (Å²) in [4.78, 5) is 269. The molecule has 3 aromatic heterocycles. The highest BCUT2D eigenvalue weighted by atomic mass is 32.2. The topological polar surface area (TPSA) is 671 Å². The average Bonchev–Trinajstić information content (AvgIpc) is 1.69. The minimum Gasteiger partial charge on any atom is -0.508 e. The summed E-state index contributed by atoms with van der Waals surface area (Å²) in [5, 5.41) is 71.0. The quantitative estimate of drug-likeness (QED) is 0.0134.